The summed E-state index contributed by atoms with van der Waals surface area (Å²) in [6.45, 7) is 1.36. The average molecular weight is 242 g/mol. The molecule has 86 valence electrons. The standard InChI is InChI=1S/C11H12ClNO3/c1-7(14)6-10(15)13-9-5-3-4-8(12)11(9)16-2/h3-5H,6H2,1-2H3,(H,13,15). The number of carbonyl (C=O) groups excluding carboxylic acids is 2. The zero-order chi connectivity index (χ0) is 12.1. The summed E-state index contributed by atoms with van der Waals surface area (Å²) in [6, 6.07) is 5.00. The molecule has 1 amide bonds. The Morgan fingerprint density at radius 1 is 1.44 bits per heavy atom. The lowest BCUT2D eigenvalue weighted by molar-refractivity contribution is -0.124. The molecule has 1 aromatic carbocycles. The van der Waals surface area contributed by atoms with Crippen molar-refractivity contribution < 1.29 is 14.3 Å². The number of hydrogen-bond acceptors (Lipinski definition) is 3. The molecule has 0 fully saturated rings. The van der Waals surface area contributed by atoms with Crippen molar-refractivity contribution in [1.29, 1.82) is 0 Å². The Morgan fingerprint density at radius 2 is 2.12 bits per heavy atom. The second-order valence-corrected chi connectivity index (χ2v) is 3.65. The zero-order valence-corrected chi connectivity index (χ0v) is 9.80. The fraction of sp³-hybridized carbons (Fsp3) is 0.273. The van der Waals surface area contributed by atoms with Crippen molar-refractivity contribution in [1.82, 2.24) is 0 Å². The van der Waals surface area contributed by atoms with Crippen LogP contribution in [0.3, 0.4) is 0 Å². The molecule has 0 saturated heterocycles. The summed E-state index contributed by atoms with van der Waals surface area (Å²) in [6.07, 6.45) is -0.157. The summed E-state index contributed by atoms with van der Waals surface area (Å²) in [5.41, 5.74) is 0.459. The molecule has 0 aliphatic heterocycles. The number of para-hydroxylation sites is 1. The van der Waals surface area contributed by atoms with Gasteiger partial charge in [-0.05, 0) is 19.1 Å². The zero-order valence-electron chi connectivity index (χ0n) is 9.04. The third-order valence-electron chi connectivity index (χ3n) is 1.85. The largest absolute Gasteiger partial charge is 0.493 e. The minimum absolute atomic E-state index is 0.157. The second kappa shape index (κ2) is 5.51. The van der Waals surface area contributed by atoms with Crippen LogP contribution >= 0.6 is 11.6 Å². The van der Waals surface area contributed by atoms with E-state index in [-0.39, 0.29) is 18.1 Å². The van der Waals surface area contributed by atoms with Crippen molar-refractivity contribution in [2.24, 2.45) is 0 Å². The highest BCUT2D eigenvalue weighted by molar-refractivity contribution is 6.32. The quantitative estimate of drug-likeness (QED) is 0.823. The van der Waals surface area contributed by atoms with Gasteiger partial charge in [-0.25, -0.2) is 0 Å². The van der Waals surface area contributed by atoms with E-state index in [1.165, 1.54) is 14.0 Å². The monoisotopic (exact) mass is 241 g/mol. The first-order valence-corrected chi connectivity index (χ1v) is 5.04. The molecular weight excluding hydrogens is 230 g/mol. The van der Waals surface area contributed by atoms with E-state index in [1.807, 2.05) is 0 Å². The number of halogens is 1. The predicted molar refractivity (Wildman–Crippen MR) is 61.9 cm³/mol. The lowest BCUT2D eigenvalue weighted by Gasteiger charge is -2.10. The van der Waals surface area contributed by atoms with Crippen LogP contribution in [-0.2, 0) is 9.59 Å². The third-order valence-corrected chi connectivity index (χ3v) is 2.15. The molecule has 1 aromatic rings. The molecule has 0 aliphatic rings. The number of rotatable bonds is 4. The first kappa shape index (κ1) is 12.5. The third kappa shape index (κ3) is 3.24. The van der Waals surface area contributed by atoms with Crippen LogP contribution in [0.5, 0.6) is 5.75 Å². The van der Waals surface area contributed by atoms with Gasteiger partial charge < -0.3 is 10.1 Å². The van der Waals surface area contributed by atoms with E-state index in [9.17, 15) is 9.59 Å². The first-order chi connectivity index (χ1) is 7.54. The van der Waals surface area contributed by atoms with Crippen molar-refractivity contribution in [2.45, 2.75) is 13.3 Å². The molecule has 5 heteroatoms. The SMILES string of the molecule is COc1c(Cl)cccc1NC(=O)CC(C)=O. The molecule has 0 spiro atoms. The van der Waals surface area contributed by atoms with Crippen LogP contribution in [0.2, 0.25) is 5.02 Å². The average Bonchev–Trinajstić information content (AvgIpc) is 2.16. The lowest BCUT2D eigenvalue weighted by Crippen LogP contribution is -2.15. The number of ether oxygens (including phenoxy) is 1. The van der Waals surface area contributed by atoms with Gasteiger partial charge in [-0.1, -0.05) is 17.7 Å². The molecule has 0 radical (unpaired) electrons. The van der Waals surface area contributed by atoms with Crippen molar-refractivity contribution in [3.8, 4) is 5.75 Å². The molecule has 0 aliphatic carbocycles. The van der Waals surface area contributed by atoms with E-state index >= 15 is 0 Å². The fourth-order valence-electron chi connectivity index (χ4n) is 1.24. The predicted octanol–water partition coefficient (Wildman–Crippen LogP) is 2.27. The molecule has 4 nitrogen and oxygen atoms in total. The van der Waals surface area contributed by atoms with Crippen molar-refractivity contribution in [2.75, 3.05) is 12.4 Å². The van der Waals surface area contributed by atoms with Crippen molar-refractivity contribution in [3.63, 3.8) is 0 Å². The van der Waals surface area contributed by atoms with Gasteiger partial charge in [0.1, 0.15) is 5.78 Å². The highest BCUT2D eigenvalue weighted by Gasteiger charge is 2.11. The lowest BCUT2D eigenvalue weighted by atomic mass is 10.2. The maximum Gasteiger partial charge on any atom is 0.231 e. The number of methoxy groups -OCH3 is 1. The van der Waals surface area contributed by atoms with E-state index in [4.69, 9.17) is 16.3 Å². The van der Waals surface area contributed by atoms with Crippen LogP contribution in [-0.4, -0.2) is 18.8 Å². The molecular formula is C11H12ClNO3. The topological polar surface area (TPSA) is 55.4 Å². The first-order valence-electron chi connectivity index (χ1n) is 4.66. The molecule has 0 bridgehead atoms. The Morgan fingerprint density at radius 3 is 2.69 bits per heavy atom. The van der Waals surface area contributed by atoms with Gasteiger partial charge in [-0.3, -0.25) is 9.59 Å². The highest BCUT2D eigenvalue weighted by atomic mass is 35.5. The van der Waals surface area contributed by atoms with Gasteiger partial charge in [-0.2, -0.15) is 0 Å². The number of ketones is 1. The maximum atomic E-state index is 11.4. The Labute approximate surface area is 98.5 Å². The molecule has 16 heavy (non-hydrogen) atoms. The van der Waals surface area contributed by atoms with Crippen LogP contribution in [0, 0.1) is 0 Å². The van der Waals surface area contributed by atoms with Gasteiger partial charge in [-0.15, -0.1) is 0 Å². The molecule has 0 atom stereocenters. The minimum Gasteiger partial charge on any atom is -0.493 e. The normalized spacial score (nSPS) is 9.69. The van der Waals surface area contributed by atoms with E-state index in [0.717, 1.165) is 0 Å². The number of amides is 1. The summed E-state index contributed by atoms with van der Waals surface area (Å²) in [7, 11) is 1.46. The smallest absolute Gasteiger partial charge is 0.231 e. The number of anilines is 1. The number of carbonyl (C=O) groups is 2. The van der Waals surface area contributed by atoms with Crippen LogP contribution in [0.15, 0.2) is 18.2 Å². The van der Waals surface area contributed by atoms with E-state index in [0.29, 0.717) is 16.5 Å². The Bertz CT molecular complexity index is 418. The van der Waals surface area contributed by atoms with Crippen LogP contribution in [0.4, 0.5) is 5.69 Å². The van der Waals surface area contributed by atoms with Gasteiger partial charge >= 0.3 is 0 Å². The van der Waals surface area contributed by atoms with Gasteiger partial charge in [0.25, 0.3) is 0 Å². The summed E-state index contributed by atoms with van der Waals surface area (Å²) in [4.78, 5) is 22.1. The van der Waals surface area contributed by atoms with Gasteiger partial charge in [0.2, 0.25) is 5.91 Å². The Kier molecular flexibility index (Phi) is 4.31. The van der Waals surface area contributed by atoms with Gasteiger partial charge in [0.15, 0.2) is 5.75 Å². The summed E-state index contributed by atoms with van der Waals surface area (Å²) in [5.74, 6) is -0.187. The maximum absolute atomic E-state index is 11.4. The van der Waals surface area contributed by atoms with Crippen molar-refractivity contribution in [3.05, 3.63) is 23.2 Å². The molecule has 0 aromatic heterocycles. The number of benzene rings is 1. The van der Waals surface area contributed by atoms with E-state index < -0.39 is 0 Å². The number of Topliss-reactive ketones (excluding diaryl/α,β-unsaturated/α-hetero) is 1. The minimum atomic E-state index is -0.381. The number of hydrogen-bond donors (Lipinski definition) is 1. The Hall–Kier alpha value is -1.55. The summed E-state index contributed by atoms with van der Waals surface area (Å²) in [5, 5.41) is 2.97. The van der Waals surface area contributed by atoms with E-state index in [1.54, 1.807) is 18.2 Å². The van der Waals surface area contributed by atoms with Crippen LogP contribution < -0.4 is 10.1 Å². The molecule has 0 unspecified atom stereocenters. The highest BCUT2D eigenvalue weighted by Crippen LogP contribution is 2.32. The van der Waals surface area contributed by atoms with Gasteiger partial charge in [0.05, 0.1) is 24.2 Å². The van der Waals surface area contributed by atoms with Crippen LogP contribution in [0.25, 0.3) is 0 Å². The fourth-order valence-corrected chi connectivity index (χ4v) is 1.49. The Balaban J connectivity index is 2.84. The van der Waals surface area contributed by atoms with Crippen molar-refractivity contribution >= 4 is 29.0 Å². The summed E-state index contributed by atoms with van der Waals surface area (Å²) < 4.78 is 5.05. The summed E-state index contributed by atoms with van der Waals surface area (Å²) >= 11 is 5.88. The van der Waals surface area contributed by atoms with Crippen LogP contribution in [0.1, 0.15) is 13.3 Å². The van der Waals surface area contributed by atoms with E-state index in [2.05, 4.69) is 5.32 Å². The number of nitrogens with one attached hydrogen (secondary N) is 1. The second-order valence-electron chi connectivity index (χ2n) is 3.25. The molecule has 1 N–H and O–H groups in total. The molecule has 0 heterocycles. The molecule has 0 saturated carbocycles. The molecule has 1 rings (SSSR count). The van der Waals surface area contributed by atoms with Gasteiger partial charge in [0, 0.05) is 0 Å².